The van der Waals surface area contributed by atoms with Crippen molar-refractivity contribution in [3.63, 3.8) is 0 Å². The van der Waals surface area contributed by atoms with E-state index in [2.05, 4.69) is 0 Å². The molecule has 0 unspecified atom stereocenters. The summed E-state index contributed by atoms with van der Waals surface area (Å²) in [5.74, 6) is 0.901. The molecular formula is C10H6B5NO2. The molecule has 0 fully saturated rings. The molecule has 0 atom stereocenters. The van der Waals surface area contributed by atoms with Crippen LogP contribution in [0.1, 0.15) is 11.1 Å². The second-order valence-electron chi connectivity index (χ2n) is 4.79. The summed E-state index contributed by atoms with van der Waals surface area (Å²) in [6, 6.07) is 2.42. The Hall–Kier alpha value is -0.895. The number of hydrogen-bond acceptors (Lipinski definition) is 3. The summed E-state index contributed by atoms with van der Waals surface area (Å²) in [5, 5.41) is -2.66. The van der Waals surface area contributed by atoms with Gasteiger partial charge in [-0.1, -0.05) is 21.6 Å². The third-order valence-electron chi connectivity index (χ3n) is 3.53. The molecule has 0 aromatic heterocycles. The Labute approximate surface area is 112 Å². The Morgan fingerprint density at radius 1 is 0.944 bits per heavy atom. The molecule has 3 rings (SSSR count). The minimum atomic E-state index is -1.33. The Balaban J connectivity index is 2.22. The predicted octanol–water partition coefficient (Wildman–Crippen LogP) is -1.77. The van der Waals surface area contributed by atoms with Gasteiger partial charge in [0.1, 0.15) is 0 Å². The number of hydrogen-bond donors (Lipinski definition) is 1. The van der Waals surface area contributed by atoms with Gasteiger partial charge in [0.2, 0.25) is 0 Å². The first-order valence-corrected chi connectivity index (χ1v) is 5.43. The fourth-order valence-electron chi connectivity index (χ4n) is 2.47. The minimum Gasteiger partial charge on any atom is -0.461 e. The standard InChI is InChI=1S/C10H6B5NO2/c11-8-17-5-1-3-4(2-6(5)18-8)10(14,15)7(16)9(3,12)13/h1-2,7-8H,16H2. The first kappa shape index (κ1) is 12.2. The van der Waals surface area contributed by atoms with Gasteiger partial charge >= 0.3 is 0 Å². The molecule has 0 saturated heterocycles. The molecule has 18 heavy (non-hydrogen) atoms. The zero-order chi connectivity index (χ0) is 13.3. The third kappa shape index (κ3) is 1.35. The quantitative estimate of drug-likeness (QED) is 0.533. The molecule has 1 heterocycles. The summed E-state index contributed by atoms with van der Waals surface area (Å²) in [5.41, 5.74) is 7.00. The van der Waals surface area contributed by atoms with E-state index >= 15 is 0 Å². The van der Waals surface area contributed by atoms with E-state index in [4.69, 9.17) is 54.4 Å². The van der Waals surface area contributed by atoms with Gasteiger partial charge in [0.05, 0.1) is 31.4 Å². The fraction of sp³-hybridized carbons (Fsp3) is 0.400. The zero-order valence-electron chi connectivity index (χ0n) is 9.59. The molecule has 10 radical (unpaired) electrons. The van der Waals surface area contributed by atoms with Crippen molar-refractivity contribution in [1.29, 1.82) is 0 Å². The zero-order valence-corrected chi connectivity index (χ0v) is 9.59. The van der Waals surface area contributed by atoms with Crippen LogP contribution in [0, 0.1) is 0 Å². The molecule has 2 N–H and O–H groups in total. The third-order valence-corrected chi connectivity index (χ3v) is 3.53. The van der Waals surface area contributed by atoms with Gasteiger partial charge in [-0.2, -0.15) is 0 Å². The molecule has 0 spiro atoms. The second kappa shape index (κ2) is 3.35. The van der Waals surface area contributed by atoms with E-state index in [0.29, 0.717) is 22.6 Å². The molecule has 0 saturated carbocycles. The summed E-state index contributed by atoms with van der Waals surface area (Å²) >= 11 is 0. The van der Waals surface area contributed by atoms with Crippen LogP contribution in [0.2, 0.25) is 0 Å². The van der Waals surface area contributed by atoms with Gasteiger partial charge in [-0.05, 0) is 18.2 Å². The molecule has 1 aliphatic heterocycles. The van der Waals surface area contributed by atoms with Gasteiger partial charge in [-0.3, -0.25) is 0 Å². The van der Waals surface area contributed by atoms with Crippen LogP contribution in [0.3, 0.4) is 0 Å². The molecule has 78 valence electrons. The van der Waals surface area contributed by atoms with E-state index in [-0.39, 0.29) is 0 Å². The summed E-state index contributed by atoms with van der Waals surface area (Å²) in [6.07, 6.45) is -0.855. The van der Waals surface area contributed by atoms with Crippen LogP contribution in [0.4, 0.5) is 0 Å². The van der Waals surface area contributed by atoms with Crippen LogP contribution < -0.4 is 15.2 Å². The lowest BCUT2D eigenvalue weighted by Gasteiger charge is -2.34. The highest BCUT2D eigenvalue weighted by Gasteiger charge is 2.48. The molecule has 0 bridgehead atoms. The maximum absolute atomic E-state index is 6.00. The summed E-state index contributed by atoms with van der Waals surface area (Å²) < 4.78 is 10.5. The van der Waals surface area contributed by atoms with Crippen LogP contribution in [0.25, 0.3) is 0 Å². The van der Waals surface area contributed by atoms with Crippen molar-refractivity contribution in [2.75, 3.05) is 0 Å². The lowest BCUT2D eigenvalue weighted by molar-refractivity contribution is 0.127. The maximum atomic E-state index is 6.00. The van der Waals surface area contributed by atoms with Gasteiger partial charge in [-0.15, -0.1) is 0 Å². The first-order chi connectivity index (χ1) is 8.24. The van der Waals surface area contributed by atoms with Crippen molar-refractivity contribution in [2.24, 2.45) is 5.73 Å². The van der Waals surface area contributed by atoms with E-state index in [9.17, 15) is 0 Å². The lowest BCUT2D eigenvalue weighted by Crippen LogP contribution is -2.53. The van der Waals surface area contributed by atoms with E-state index in [1.165, 1.54) is 0 Å². The average Bonchev–Trinajstić information content (AvgIpc) is 2.69. The maximum Gasteiger partial charge on any atom is 0.189 e. The highest BCUT2D eigenvalue weighted by atomic mass is 16.7. The van der Waals surface area contributed by atoms with E-state index < -0.39 is 22.7 Å². The van der Waals surface area contributed by atoms with E-state index in [1.807, 2.05) is 0 Å². The highest BCUT2D eigenvalue weighted by molar-refractivity contribution is 6.48. The number of benzene rings is 1. The summed E-state index contributed by atoms with van der Waals surface area (Å²) in [6.45, 7) is 0. The van der Waals surface area contributed by atoms with Gasteiger partial charge in [0, 0.05) is 0 Å². The van der Waals surface area contributed by atoms with E-state index in [1.54, 1.807) is 12.1 Å². The van der Waals surface area contributed by atoms with Crippen molar-refractivity contribution >= 4 is 39.2 Å². The molecule has 8 heteroatoms. The minimum absolute atomic E-state index is 0.450. The average molecular weight is 226 g/mol. The van der Waals surface area contributed by atoms with Crippen LogP contribution >= 0.6 is 0 Å². The lowest BCUT2D eigenvalue weighted by atomic mass is 9.42. The summed E-state index contributed by atoms with van der Waals surface area (Å²) in [7, 11) is 29.5. The van der Waals surface area contributed by atoms with Crippen LogP contribution in [0.15, 0.2) is 12.1 Å². The summed E-state index contributed by atoms with van der Waals surface area (Å²) in [4.78, 5) is 0. The second-order valence-corrected chi connectivity index (χ2v) is 4.79. The van der Waals surface area contributed by atoms with Crippen molar-refractivity contribution in [3.8, 4) is 11.5 Å². The normalized spacial score (nSPS) is 24.1. The Morgan fingerprint density at radius 3 is 1.72 bits per heavy atom. The number of rotatable bonds is 0. The molecule has 1 aromatic rings. The molecule has 1 aromatic carbocycles. The van der Waals surface area contributed by atoms with Crippen LogP contribution in [-0.2, 0) is 10.4 Å². The van der Waals surface area contributed by atoms with Gasteiger partial charge < -0.3 is 15.2 Å². The van der Waals surface area contributed by atoms with Crippen LogP contribution in [-0.4, -0.2) is 51.5 Å². The molecule has 3 nitrogen and oxygen atoms in total. The van der Waals surface area contributed by atoms with Crippen LogP contribution in [0.5, 0.6) is 11.5 Å². The van der Waals surface area contributed by atoms with Gasteiger partial charge in [0.15, 0.2) is 25.5 Å². The van der Waals surface area contributed by atoms with Crippen molar-refractivity contribution < 1.29 is 9.47 Å². The number of nitrogens with two attached hydrogens (primary N) is 1. The molecular weight excluding hydrogens is 220 g/mol. The number of ether oxygens (including phenoxy) is 2. The topological polar surface area (TPSA) is 44.5 Å². The van der Waals surface area contributed by atoms with Crippen molar-refractivity contribution in [3.05, 3.63) is 23.3 Å². The van der Waals surface area contributed by atoms with E-state index in [0.717, 1.165) is 0 Å². The van der Waals surface area contributed by atoms with Crippen molar-refractivity contribution in [1.82, 2.24) is 0 Å². The van der Waals surface area contributed by atoms with Gasteiger partial charge in [-0.25, -0.2) is 0 Å². The Kier molecular flexibility index (Phi) is 2.26. The first-order valence-electron chi connectivity index (χ1n) is 5.43. The Bertz CT molecular complexity index is 488. The van der Waals surface area contributed by atoms with Crippen molar-refractivity contribution in [2.45, 2.75) is 22.7 Å². The van der Waals surface area contributed by atoms with Gasteiger partial charge in [0.25, 0.3) is 0 Å². The number of fused-ring (bicyclic) bond motifs is 2. The monoisotopic (exact) mass is 227 g/mol. The molecule has 1 aliphatic carbocycles. The fourth-order valence-corrected chi connectivity index (χ4v) is 2.47. The SMILES string of the molecule is [B]C1Oc2cc3c(cc2O1)C([B])([B])C(N)C3([B])[B]. The highest BCUT2D eigenvalue weighted by Crippen LogP contribution is 2.48. The largest absolute Gasteiger partial charge is 0.461 e. The Morgan fingerprint density at radius 2 is 1.33 bits per heavy atom. The molecule has 0 amide bonds. The predicted molar refractivity (Wildman–Crippen MR) is 71.6 cm³/mol. The smallest absolute Gasteiger partial charge is 0.189 e. The molecule has 2 aliphatic rings.